The highest BCUT2D eigenvalue weighted by molar-refractivity contribution is 9.10. The number of hydrogen-bond donors (Lipinski definition) is 1. The number of rotatable bonds is 7. The fourth-order valence-corrected chi connectivity index (χ4v) is 3.06. The maximum atomic E-state index is 3.49. The number of nitrogens with one attached hydrogen (secondary N) is 1. The number of thiophene rings is 1. The molecule has 2 nitrogen and oxygen atoms in total. The summed E-state index contributed by atoms with van der Waals surface area (Å²) in [6.45, 7) is 7.66. The summed E-state index contributed by atoms with van der Waals surface area (Å²) in [6, 6.07) is 2.83. The highest BCUT2D eigenvalue weighted by Crippen LogP contribution is 2.21. The zero-order valence-corrected chi connectivity index (χ0v) is 12.7. The van der Waals surface area contributed by atoms with Gasteiger partial charge in [0.2, 0.25) is 0 Å². The summed E-state index contributed by atoms with van der Waals surface area (Å²) in [5, 5.41) is 5.52. The van der Waals surface area contributed by atoms with Crippen LogP contribution in [0.3, 0.4) is 0 Å². The molecule has 0 aliphatic carbocycles. The van der Waals surface area contributed by atoms with E-state index in [2.05, 4.69) is 58.5 Å². The van der Waals surface area contributed by atoms with Crippen LogP contribution in [0, 0.1) is 0 Å². The van der Waals surface area contributed by atoms with Crippen molar-refractivity contribution in [3.63, 3.8) is 0 Å². The molecule has 1 atom stereocenters. The van der Waals surface area contributed by atoms with Gasteiger partial charge in [0.05, 0.1) is 0 Å². The molecule has 1 aromatic heterocycles. The first-order chi connectivity index (χ1) is 7.63. The van der Waals surface area contributed by atoms with E-state index >= 15 is 0 Å². The molecule has 0 aliphatic heterocycles. The van der Waals surface area contributed by atoms with Gasteiger partial charge in [-0.25, -0.2) is 0 Å². The van der Waals surface area contributed by atoms with E-state index in [9.17, 15) is 0 Å². The van der Waals surface area contributed by atoms with Gasteiger partial charge >= 0.3 is 0 Å². The number of hydrogen-bond acceptors (Lipinski definition) is 3. The zero-order chi connectivity index (χ0) is 12.0. The lowest BCUT2D eigenvalue weighted by Gasteiger charge is -2.24. The Labute approximate surface area is 111 Å². The van der Waals surface area contributed by atoms with Crippen molar-refractivity contribution in [3.8, 4) is 0 Å². The Morgan fingerprint density at radius 1 is 1.56 bits per heavy atom. The van der Waals surface area contributed by atoms with E-state index < -0.39 is 0 Å². The smallest absolute Gasteiger partial charge is 0.0328 e. The summed E-state index contributed by atoms with van der Waals surface area (Å²) in [5.74, 6) is 0. The third-order valence-corrected chi connectivity index (χ3v) is 4.45. The Morgan fingerprint density at radius 2 is 2.31 bits per heavy atom. The predicted octanol–water partition coefficient (Wildman–Crippen LogP) is 3.33. The van der Waals surface area contributed by atoms with E-state index in [-0.39, 0.29) is 0 Å². The molecule has 0 fully saturated rings. The second-order valence-electron chi connectivity index (χ2n) is 4.14. The molecule has 1 unspecified atom stereocenters. The SMILES string of the molecule is CCNCCC(C)N(C)Cc1cc(Br)cs1. The van der Waals surface area contributed by atoms with Gasteiger partial charge in [-0.05, 0) is 55.5 Å². The average Bonchev–Trinajstić information content (AvgIpc) is 2.64. The largest absolute Gasteiger partial charge is 0.317 e. The van der Waals surface area contributed by atoms with Crippen molar-refractivity contribution in [2.75, 3.05) is 20.1 Å². The zero-order valence-electron chi connectivity index (χ0n) is 10.3. The Kier molecular flexibility index (Phi) is 6.58. The molecule has 0 bridgehead atoms. The normalized spacial score (nSPS) is 13.3. The summed E-state index contributed by atoms with van der Waals surface area (Å²) >= 11 is 5.31. The molecule has 1 N–H and O–H groups in total. The first kappa shape index (κ1) is 14.2. The Morgan fingerprint density at radius 3 is 2.88 bits per heavy atom. The minimum atomic E-state index is 0.625. The molecule has 16 heavy (non-hydrogen) atoms. The van der Waals surface area contributed by atoms with E-state index in [0.717, 1.165) is 19.6 Å². The Bertz CT molecular complexity index is 301. The first-order valence-corrected chi connectivity index (χ1v) is 7.44. The lowest BCUT2D eigenvalue weighted by atomic mass is 10.2. The third-order valence-electron chi connectivity index (χ3n) is 2.77. The molecule has 0 radical (unpaired) electrons. The standard InChI is InChI=1S/C12H21BrN2S/c1-4-14-6-5-10(2)15(3)8-12-7-11(13)9-16-12/h7,9-10,14H,4-6,8H2,1-3H3. The van der Waals surface area contributed by atoms with Crippen molar-refractivity contribution in [3.05, 3.63) is 20.8 Å². The van der Waals surface area contributed by atoms with Crippen LogP contribution in [0.2, 0.25) is 0 Å². The van der Waals surface area contributed by atoms with Crippen LogP contribution in [0.5, 0.6) is 0 Å². The molecule has 1 heterocycles. The monoisotopic (exact) mass is 304 g/mol. The maximum Gasteiger partial charge on any atom is 0.0328 e. The maximum absolute atomic E-state index is 3.49. The van der Waals surface area contributed by atoms with Crippen molar-refractivity contribution >= 4 is 27.3 Å². The second-order valence-corrected chi connectivity index (χ2v) is 6.05. The third kappa shape index (κ3) is 4.95. The van der Waals surface area contributed by atoms with Gasteiger partial charge in [-0.2, -0.15) is 0 Å². The molecule has 92 valence electrons. The van der Waals surface area contributed by atoms with Crippen LogP contribution in [0.15, 0.2) is 15.9 Å². The van der Waals surface area contributed by atoms with Gasteiger partial charge in [0.25, 0.3) is 0 Å². The molecule has 1 aromatic rings. The summed E-state index contributed by atoms with van der Waals surface area (Å²) in [5.41, 5.74) is 0. The summed E-state index contributed by atoms with van der Waals surface area (Å²) < 4.78 is 1.20. The lowest BCUT2D eigenvalue weighted by molar-refractivity contribution is 0.239. The summed E-state index contributed by atoms with van der Waals surface area (Å²) in [6.07, 6.45) is 1.21. The van der Waals surface area contributed by atoms with Gasteiger partial charge < -0.3 is 5.32 Å². The van der Waals surface area contributed by atoms with Crippen molar-refractivity contribution in [2.45, 2.75) is 32.9 Å². The van der Waals surface area contributed by atoms with Gasteiger partial charge in [0.1, 0.15) is 0 Å². The number of halogens is 1. The average molecular weight is 305 g/mol. The van der Waals surface area contributed by atoms with Crippen LogP contribution >= 0.6 is 27.3 Å². The van der Waals surface area contributed by atoms with Gasteiger partial charge in [-0.15, -0.1) is 11.3 Å². The molecule has 0 amide bonds. The topological polar surface area (TPSA) is 15.3 Å². The van der Waals surface area contributed by atoms with E-state index in [0.29, 0.717) is 6.04 Å². The molecule has 4 heteroatoms. The van der Waals surface area contributed by atoms with Crippen molar-refractivity contribution in [1.82, 2.24) is 10.2 Å². The van der Waals surface area contributed by atoms with Gasteiger partial charge in [0, 0.05) is 27.3 Å². The van der Waals surface area contributed by atoms with Crippen LogP contribution in [0.25, 0.3) is 0 Å². The van der Waals surface area contributed by atoms with Crippen LogP contribution in [0.4, 0.5) is 0 Å². The molecule has 0 saturated carbocycles. The highest BCUT2D eigenvalue weighted by Gasteiger charge is 2.10. The molecule has 0 aromatic carbocycles. The Balaban J connectivity index is 2.30. The lowest BCUT2D eigenvalue weighted by Crippen LogP contribution is -2.31. The van der Waals surface area contributed by atoms with E-state index in [1.165, 1.54) is 15.8 Å². The summed E-state index contributed by atoms with van der Waals surface area (Å²) in [7, 11) is 2.20. The van der Waals surface area contributed by atoms with Crippen LogP contribution in [0.1, 0.15) is 25.1 Å². The first-order valence-electron chi connectivity index (χ1n) is 5.77. The van der Waals surface area contributed by atoms with Crippen LogP contribution in [-0.4, -0.2) is 31.1 Å². The fraction of sp³-hybridized carbons (Fsp3) is 0.667. The summed E-state index contributed by atoms with van der Waals surface area (Å²) in [4.78, 5) is 3.83. The van der Waals surface area contributed by atoms with Crippen LogP contribution < -0.4 is 5.32 Å². The molecular formula is C12H21BrN2S. The van der Waals surface area contributed by atoms with Crippen molar-refractivity contribution < 1.29 is 0 Å². The van der Waals surface area contributed by atoms with E-state index in [4.69, 9.17) is 0 Å². The quantitative estimate of drug-likeness (QED) is 0.777. The van der Waals surface area contributed by atoms with Crippen molar-refractivity contribution in [2.24, 2.45) is 0 Å². The van der Waals surface area contributed by atoms with Gasteiger partial charge in [0.15, 0.2) is 0 Å². The van der Waals surface area contributed by atoms with Crippen LogP contribution in [-0.2, 0) is 6.54 Å². The predicted molar refractivity (Wildman–Crippen MR) is 76.1 cm³/mol. The highest BCUT2D eigenvalue weighted by atomic mass is 79.9. The van der Waals surface area contributed by atoms with E-state index in [1.54, 1.807) is 0 Å². The molecule has 0 spiro atoms. The van der Waals surface area contributed by atoms with Crippen molar-refractivity contribution in [1.29, 1.82) is 0 Å². The molecular weight excluding hydrogens is 284 g/mol. The minimum Gasteiger partial charge on any atom is -0.317 e. The minimum absolute atomic E-state index is 0.625. The van der Waals surface area contributed by atoms with Gasteiger partial charge in [-0.1, -0.05) is 6.92 Å². The fourth-order valence-electron chi connectivity index (χ4n) is 1.55. The molecule has 1 rings (SSSR count). The Hall–Kier alpha value is 0.1000. The van der Waals surface area contributed by atoms with Gasteiger partial charge in [-0.3, -0.25) is 4.90 Å². The molecule has 0 saturated heterocycles. The van der Waals surface area contributed by atoms with E-state index in [1.807, 2.05) is 11.3 Å². The second kappa shape index (κ2) is 7.43. The molecule has 0 aliphatic rings. The number of nitrogens with zero attached hydrogens (tertiary/aromatic N) is 1.